The molecule has 2 rings (SSSR count). The number of hydrogen-bond acceptors (Lipinski definition) is 3. The van der Waals surface area contributed by atoms with Crippen molar-refractivity contribution in [3.63, 3.8) is 0 Å². The van der Waals surface area contributed by atoms with Crippen LogP contribution in [0.5, 0.6) is 0 Å². The van der Waals surface area contributed by atoms with Gasteiger partial charge in [0, 0.05) is 13.2 Å². The van der Waals surface area contributed by atoms with Gasteiger partial charge in [-0.15, -0.1) is 0 Å². The Hall–Kier alpha value is -0.580. The van der Waals surface area contributed by atoms with Crippen LogP contribution in [0.2, 0.25) is 5.02 Å². The highest BCUT2D eigenvalue weighted by molar-refractivity contribution is 6.31. The van der Waals surface area contributed by atoms with E-state index in [0.29, 0.717) is 10.7 Å². The molecule has 1 fully saturated rings. The summed E-state index contributed by atoms with van der Waals surface area (Å²) >= 11 is 6.18. The van der Waals surface area contributed by atoms with Crippen molar-refractivity contribution in [1.29, 1.82) is 0 Å². The number of aliphatic hydroxyl groups is 1. The zero-order chi connectivity index (χ0) is 12.6. The van der Waals surface area contributed by atoms with E-state index >= 15 is 0 Å². The molecule has 1 aliphatic rings. The zero-order valence-electron chi connectivity index (χ0n) is 10.5. The van der Waals surface area contributed by atoms with Gasteiger partial charge in [-0.05, 0) is 32.6 Å². The van der Waals surface area contributed by atoms with E-state index in [4.69, 9.17) is 16.3 Å². The Balaban J connectivity index is 2.45. The quantitative estimate of drug-likeness (QED) is 0.882. The summed E-state index contributed by atoms with van der Waals surface area (Å²) in [5, 5.41) is 15.6. The van der Waals surface area contributed by atoms with Gasteiger partial charge < -0.3 is 9.84 Å². The van der Waals surface area contributed by atoms with Crippen molar-refractivity contribution in [2.45, 2.75) is 38.3 Å². The number of aromatic nitrogens is 2. The van der Waals surface area contributed by atoms with Crippen LogP contribution in [-0.4, -0.2) is 28.6 Å². The highest BCUT2D eigenvalue weighted by Crippen LogP contribution is 2.48. The average molecular weight is 259 g/mol. The molecule has 0 bridgehead atoms. The van der Waals surface area contributed by atoms with E-state index in [1.54, 1.807) is 18.0 Å². The fourth-order valence-corrected chi connectivity index (χ4v) is 2.59. The van der Waals surface area contributed by atoms with E-state index < -0.39 is 5.60 Å². The predicted octanol–water partition coefficient (Wildman–Crippen LogP) is 2.36. The van der Waals surface area contributed by atoms with Crippen LogP contribution < -0.4 is 0 Å². The summed E-state index contributed by atoms with van der Waals surface area (Å²) in [7, 11) is 1.59. The molecule has 0 aromatic carbocycles. The molecule has 96 valence electrons. The average Bonchev–Trinajstić information content (AvgIpc) is 3.02. The van der Waals surface area contributed by atoms with Gasteiger partial charge in [-0.25, -0.2) is 0 Å². The lowest BCUT2D eigenvalue weighted by Crippen LogP contribution is -2.37. The second kappa shape index (κ2) is 4.59. The van der Waals surface area contributed by atoms with Gasteiger partial charge in [-0.1, -0.05) is 11.6 Å². The number of halogens is 1. The molecule has 1 atom stereocenters. The minimum absolute atomic E-state index is 0.166. The maximum atomic E-state index is 10.9. The second-order valence-corrected chi connectivity index (χ2v) is 5.42. The van der Waals surface area contributed by atoms with Crippen LogP contribution in [0.25, 0.3) is 0 Å². The van der Waals surface area contributed by atoms with E-state index in [2.05, 4.69) is 5.10 Å². The second-order valence-electron chi connectivity index (χ2n) is 5.01. The first-order chi connectivity index (χ1) is 8.00. The first-order valence-electron chi connectivity index (χ1n) is 5.95. The van der Waals surface area contributed by atoms with Crippen molar-refractivity contribution < 1.29 is 9.84 Å². The standard InChI is InChI=1S/C12H19ClN2O2/c1-8(2)15-11(10(13)6-14-15)12(16,7-17-3)9-4-5-9/h6,8-9,16H,4-5,7H2,1-3H3. The van der Waals surface area contributed by atoms with Crippen molar-refractivity contribution >= 4 is 11.6 Å². The Morgan fingerprint density at radius 2 is 2.29 bits per heavy atom. The maximum Gasteiger partial charge on any atom is 0.134 e. The SMILES string of the molecule is COCC(O)(c1c(Cl)cnn1C(C)C)C1CC1. The molecule has 1 aromatic heterocycles. The summed E-state index contributed by atoms with van der Waals surface area (Å²) in [5.41, 5.74) is -0.314. The van der Waals surface area contributed by atoms with Crippen LogP contribution in [0, 0.1) is 5.92 Å². The third-order valence-corrected chi connectivity index (χ3v) is 3.54. The zero-order valence-corrected chi connectivity index (χ0v) is 11.2. The number of hydrogen-bond donors (Lipinski definition) is 1. The van der Waals surface area contributed by atoms with Gasteiger partial charge in [0.2, 0.25) is 0 Å². The third kappa shape index (κ3) is 2.21. The van der Waals surface area contributed by atoms with Gasteiger partial charge >= 0.3 is 0 Å². The number of rotatable bonds is 5. The Bertz CT molecular complexity index is 401. The van der Waals surface area contributed by atoms with Crippen LogP contribution in [0.4, 0.5) is 0 Å². The molecule has 0 saturated heterocycles. The van der Waals surface area contributed by atoms with Crippen molar-refractivity contribution in [3.8, 4) is 0 Å². The monoisotopic (exact) mass is 258 g/mol. The molecule has 1 N–H and O–H groups in total. The highest BCUT2D eigenvalue weighted by Gasteiger charge is 2.48. The summed E-state index contributed by atoms with van der Waals surface area (Å²) in [6.07, 6.45) is 3.62. The fraction of sp³-hybridized carbons (Fsp3) is 0.750. The molecule has 1 aromatic rings. The summed E-state index contributed by atoms with van der Waals surface area (Å²) < 4.78 is 6.96. The molecule has 4 nitrogen and oxygen atoms in total. The number of nitrogens with zero attached hydrogens (tertiary/aromatic N) is 2. The van der Waals surface area contributed by atoms with Crippen molar-refractivity contribution in [3.05, 3.63) is 16.9 Å². The van der Waals surface area contributed by atoms with Gasteiger partial charge in [-0.2, -0.15) is 5.10 Å². The molecule has 1 heterocycles. The Morgan fingerprint density at radius 1 is 1.65 bits per heavy atom. The topological polar surface area (TPSA) is 47.3 Å². The van der Waals surface area contributed by atoms with E-state index in [0.717, 1.165) is 12.8 Å². The number of ether oxygens (including phenoxy) is 1. The minimum Gasteiger partial charge on any atom is -0.381 e. The summed E-state index contributed by atoms with van der Waals surface area (Å²) in [5.74, 6) is 0.231. The molecule has 17 heavy (non-hydrogen) atoms. The van der Waals surface area contributed by atoms with Crippen molar-refractivity contribution in [1.82, 2.24) is 9.78 Å². The molecule has 0 aliphatic heterocycles. The normalized spacial score (nSPS) is 19.6. The lowest BCUT2D eigenvalue weighted by atomic mass is 9.94. The smallest absolute Gasteiger partial charge is 0.134 e. The lowest BCUT2D eigenvalue weighted by molar-refractivity contribution is -0.0599. The number of methoxy groups -OCH3 is 1. The van der Waals surface area contributed by atoms with E-state index in [1.165, 1.54) is 0 Å². The van der Waals surface area contributed by atoms with Crippen LogP contribution in [0.3, 0.4) is 0 Å². The maximum absolute atomic E-state index is 10.9. The van der Waals surface area contributed by atoms with Gasteiger partial charge in [-0.3, -0.25) is 4.68 Å². The van der Waals surface area contributed by atoms with E-state index in [1.807, 2.05) is 13.8 Å². The molecule has 5 heteroatoms. The molecular weight excluding hydrogens is 240 g/mol. The molecule has 1 aliphatic carbocycles. The van der Waals surface area contributed by atoms with Gasteiger partial charge in [0.15, 0.2) is 0 Å². The van der Waals surface area contributed by atoms with Crippen LogP contribution in [0.1, 0.15) is 38.4 Å². The van der Waals surface area contributed by atoms with E-state index in [-0.39, 0.29) is 18.6 Å². The Labute approximate surface area is 107 Å². The largest absolute Gasteiger partial charge is 0.381 e. The Kier molecular flexibility index (Phi) is 3.48. The van der Waals surface area contributed by atoms with Gasteiger partial charge in [0.25, 0.3) is 0 Å². The fourth-order valence-electron chi connectivity index (χ4n) is 2.30. The predicted molar refractivity (Wildman–Crippen MR) is 66.1 cm³/mol. The van der Waals surface area contributed by atoms with Gasteiger partial charge in [0.05, 0.1) is 23.5 Å². The van der Waals surface area contributed by atoms with E-state index in [9.17, 15) is 5.11 Å². The van der Waals surface area contributed by atoms with Crippen molar-refractivity contribution in [2.24, 2.45) is 5.92 Å². The summed E-state index contributed by atoms with van der Waals surface area (Å²) in [4.78, 5) is 0. The summed E-state index contributed by atoms with van der Waals surface area (Å²) in [6.45, 7) is 4.30. The van der Waals surface area contributed by atoms with Crippen molar-refractivity contribution in [2.75, 3.05) is 13.7 Å². The summed E-state index contributed by atoms with van der Waals surface area (Å²) in [6, 6.07) is 0.166. The molecule has 1 saturated carbocycles. The third-order valence-electron chi connectivity index (χ3n) is 3.27. The highest BCUT2D eigenvalue weighted by atomic mass is 35.5. The molecule has 0 spiro atoms. The van der Waals surface area contributed by atoms with Crippen LogP contribution in [0.15, 0.2) is 6.20 Å². The Morgan fingerprint density at radius 3 is 2.76 bits per heavy atom. The first kappa shape index (κ1) is 12.9. The lowest BCUT2D eigenvalue weighted by Gasteiger charge is -2.29. The molecular formula is C12H19ClN2O2. The first-order valence-corrected chi connectivity index (χ1v) is 6.33. The van der Waals surface area contributed by atoms with Crippen LogP contribution >= 0.6 is 11.6 Å². The van der Waals surface area contributed by atoms with Gasteiger partial charge in [0.1, 0.15) is 5.60 Å². The van der Waals surface area contributed by atoms with Crippen LogP contribution in [-0.2, 0) is 10.3 Å². The minimum atomic E-state index is -1.01. The molecule has 0 amide bonds. The molecule has 1 unspecified atom stereocenters. The molecule has 0 radical (unpaired) electrons.